The molecule has 1 atom stereocenters. The van der Waals surface area contributed by atoms with Crippen LogP contribution in [0.25, 0.3) is 0 Å². The van der Waals surface area contributed by atoms with Gasteiger partial charge in [0.2, 0.25) is 5.91 Å². The average molecular weight is 259 g/mol. The zero-order chi connectivity index (χ0) is 13.2. The summed E-state index contributed by atoms with van der Waals surface area (Å²) < 4.78 is 0. The molecule has 5 nitrogen and oxygen atoms in total. The second kappa shape index (κ2) is 5.01. The fourth-order valence-corrected chi connectivity index (χ4v) is 2.60. The fraction of sp³-hybridized carbons (Fsp3) is 0.429. The number of hydrogen-bond donors (Lipinski definition) is 3. The van der Waals surface area contributed by atoms with Crippen LogP contribution >= 0.6 is 0 Å². The molecule has 0 radical (unpaired) electrons. The number of nitrogens with one attached hydrogen (secondary N) is 3. The second-order valence-electron chi connectivity index (χ2n) is 5.10. The van der Waals surface area contributed by atoms with E-state index in [-0.39, 0.29) is 11.8 Å². The first kappa shape index (κ1) is 12.2. The van der Waals surface area contributed by atoms with E-state index >= 15 is 0 Å². The molecule has 5 heteroatoms. The Bertz CT molecular complexity index is 521. The van der Waals surface area contributed by atoms with Gasteiger partial charge in [0.25, 0.3) is 5.91 Å². The summed E-state index contributed by atoms with van der Waals surface area (Å²) >= 11 is 0. The number of carbonyl (C=O) groups is 2. The molecule has 2 amide bonds. The van der Waals surface area contributed by atoms with Crippen LogP contribution in [0.3, 0.4) is 0 Å². The average Bonchev–Trinajstić information content (AvgIpc) is 3.02. The molecule has 3 rings (SSSR count). The minimum atomic E-state index is -0.0855. The molecule has 0 saturated carbocycles. The minimum Gasteiger partial charge on any atom is -0.350 e. The summed E-state index contributed by atoms with van der Waals surface area (Å²) in [4.78, 5) is 23.3. The van der Waals surface area contributed by atoms with Crippen LogP contribution in [0.15, 0.2) is 18.2 Å². The zero-order valence-electron chi connectivity index (χ0n) is 10.7. The molecule has 0 aliphatic carbocycles. The first-order chi connectivity index (χ1) is 9.22. The van der Waals surface area contributed by atoms with E-state index in [4.69, 9.17) is 0 Å². The summed E-state index contributed by atoms with van der Waals surface area (Å²) in [6.07, 6.45) is 2.69. The molecular formula is C14H17N3O2. The number of carbonyl (C=O) groups excluding carboxylic acids is 2. The summed E-state index contributed by atoms with van der Waals surface area (Å²) in [7, 11) is 0. The Kier molecular flexibility index (Phi) is 3.21. The summed E-state index contributed by atoms with van der Waals surface area (Å²) in [6, 6.07) is 5.75. The first-order valence-electron chi connectivity index (χ1n) is 6.67. The topological polar surface area (TPSA) is 70.2 Å². The van der Waals surface area contributed by atoms with E-state index < -0.39 is 0 Å². The quantitative estimate of drug-likeness (QED) is 0.747. The Morgan fingerprint density at radius 2 is 2.32 bits per heavy atom. The van der Waals surface area contributed by atoms with Crippen LogP contribution in [0.4, 0.5) is 5.69 Å². The first-order valence-corrected chi connectivity index (χ1v) is 6.67. The summed E-state index contributed by atoms with van der Waals surface area (Å²) in [5.41, 5.74) is 2.31. The molecule has 19 heavy (non-hydrogen) atoms. The van der Waals surface area contributed by atoms with Gasteiger partial charge in [0.1, 0.15) is 0 Å². The van der Waals surface area contributed by atoms with Crippen LogP contribution in [0.5, 0.6) is 0 Å². The Balaban J connectivity index is 1.63. The van der Waals surface area contributed by atoms with Crippen molar-refractivity contribution >= 4 is 17.5 Å². The van der Waals surface area contributed by atoms with Gasteiger partial charge in [-0.2, -0.15) is 0 Å². The summed E-state index contributed by atoms with van der Waals surface area (Å²) in [5, 5.41) is 9.03. The molecule has 3 N–H and O–H groups in total. The van der Waals surface area contributed by atoms with Gasteiger partial charge in [0.05, 0.1) is 6.42 Å². The van der Waals surface area contributed by atoms with E-state index in [1.807, 2.05) is 6.07 Å². The number of hydrogen-bond acceptors (Lipinski definition) is 3. The van der Waals surface area contributed by atoms with Crippen LogP contribution in [0.1, 0.15) is 28.8 Å². The molecule has 2 aliphatic heterocycles. The van der Waals surface area contributed by atoms with E-state index in [0.29, 0.717) is 24.6 Å². The maximum Gasteiger partial charge on any atom is 0.251 e. The van der Waals surface area contributed by atoms with Gasteiger partial charge in [0, 0.05) is 23.8 Å². The van der Waals surface area contributed by atoms with E-state index in [9.17, 15) is 9.59 Å². The van der Waals surface area contributed by atoms with Crippen molar-refractivity contribution in [2.45, 2.75) is 25.3 Å². The zero-order valence-corrected chi connectivity index (χ0v) is 10.7. The van der Waals surface area contributed by atoms with Crippen LogP contribution in [-0.2, 0) is 11.2 Å². The predicted molar refractivity (Wildman–Crippen MR) is 72.1 cm³/mol. The van der Waals surface area contributed by atoms with E-state index in [0.717, 1.165) is 24.2 Å². The van der Waals surface area contributed by atoms with Crippen molar-refractivity contribution < 1.29 is 9.59 Å². The Hall–Kier alpha value is -1.88. The van der Waals surface area contributed by atoms with Crippen LogP contribution in [0.2, 0.25) is 0 Å². The maximum atomic E-state index is 12.0. The predicted octanol–water partition coefficient (Wildman–Crippen LogP) is 0.663. The largest absolute Gasteiger partial charge is 0.350 e. The van der Waals surface area contributed by atoms with Gasteiger partial charge in [-0.1, -0.05) is 6.07 Å². The van der Waals surface area contributed by atoms with Gasteiger partial charge in [-0.15, -0.1) is 0 Å². The highest BCUT2D eigenvalue weighted by atomic mass is 16.2. The fourth-order valence-electron chi connectivity index (χ4n) is 2.60. The lowest BCUT2D eigenvalue weighted by Crippen LogP contribution is -2.37. The smallest absolute Gasteiger partial charge is 0.251 e. The Labute approximate surface area is 111 Å². The molecule has 1 aromatic rings. The molecule has 1 fully saturated rings. The number of amides is 2. The third-order valence-corrected chi connectivity index (χ3v) is 3.67. The lowest BCUT2D eigenvalue weighted by molar-refractivity contribution is -0.115. The highest BCUT2D eigenvalue weighted by Gasteiger charge is 2.20. The van der Waals surface area contributed by atoms with Gasteiger partial charge in [0.15, 0.2) is 0 Å². The summed E-state index contributed by atoms with van der Waals surface area (Å²) in [6.45, 7) is 1.69. The van der Waals surface area contributed by atoms with Crippen molar-refractivity contribution in [1.29, 1.82) is 0 Å². The maximum absolute atomic E-state index is 12.0. The van der Waals surface area contributed by atoms with Crippen molar-refractivity contribution in [3.05, 3.63) is 29.3 Å². The van der Waals surface area contributed by atoms with Gasteiger partial charge in [-0.25, -0.2) is 0 Å². The molecular weight excluding hydrogens is 242 g/mol. The standard InChI is InChI=1S/C14H17N3O2/c18-13-7-9-3-4-10(6-12(9)17-13)14(19)16-8-11-2-1-5-15-11/h3-4,6,11,15H,1-2,5,7-8H2,(H,16,19)(H,17,18). The highest BCUT2D eigenvalue weighted by molar-refractivity contribution is 6.02. The third kappa shape index (κ3) is 2.61. The SMILES string of the molecule is O=C1Cc2ccc(C(=O)NCC3CCCN3)cc2N1. The molecule has 0 aromatic heterocycles. The molecule has 1 aromatic carbocycles. The lowest BCUT2D eigenvalue weighted by Gasteiger charge is -2.12. The number of rotatable bonds is 3. The van der Waals surface area contributed by atoms with Crippen molar-refractivity contribution in [2.24, 2.45) is 0 Å². The van der Waals surface area contributed by atoms with E-state index in [1.54, 1.807) is 12.1 Å². The molecule has 100 valence electrons. The van der Waals surface area contributed by atoms with Gasteiger partial charge in [-0.05, 0) is 37.1 Å². The van der Waals surface area contributed by atoms with Gasteiger partial charge in [-0.3, -0.25) is 9.59 Å². The lowest BCUT2D eigenvalue weighted by atomic mass is 10.1. The number of benzene rings is 1. The Morgan fingerprint density at radius 3 is 3.11 bits per heavy atom. The number of anilines is 1. The molecule has 2 aliphatic rings. The van der Waals surface area contributed by atoms with Gasteiger partial charge >= 0.3 is 0 Å². The van der Waals surface area contributed by atoms with Crippen LogP contribution in [0, 0.1) is 0 Å². The molecule has 2 heterocycles. The van der Waals surface area contributed by atoms with Crippen LogP contribution < -0.4 is 16.0 Å². The normalized spacial score (nSPS) is 21.1. The monoisotopic (exact) mass is 259 g/mol. The summed E-state index contributed by atoms with van der Waals surface area (Å²) in [5.74, 6) is -0.0969. The molecule has 1 unspecified atom stereocenters. The molecule has 0 spiro atoms. The van der Waals surface area contributed by atoms with E-state index in [2.05, 4.69) is 16.0 Å². The molecule has 1 saturated heterocycles. The van der Waals surface area contributed by atoms with Crippen molar-refractivity contribution in [2.75, 3.05) is 18.4 Å². The van der Waals surface area contributed by atoms with Crippen molar-refractivity contribution in [3.8, 4) is 0 Å². The highest BCUT2D eigenvalue weighted by Crippen LogP contribution is 2.23. The van der Waals surface area contributed by atoms with Crippen LogP contribution in [-0.4, -0.2) is 30.9 Å². The minimum absolute atomic E-state index is 0.0114. The second-order valence-corrected chi connectivity index (χ2v) is 5.10. The van der Waals surface area contributed by atoms with Crippen molar-refractivity contribution in [3.63, 3.8) is 0 Å². The third-order valence-electron chi connectivity index (χ3n) is 3.67. The van der Waals surface area contributed by atoms with Crippen molar-refractivity contribution in [1.82, 2.24) is 10.6 Å². The number of fused-ring (bicyclic) bond motifs is 1. The Morgan fingerprint density at radius 1 is 1.42 bits per heavy atom. The van der Waals surface area contributed by atoms with Gasteiger partial charge < -0.3 is 16.0 Å². The molecule has 0 bridgehead atoms. The van der Waals surface area contributed by atoms with E-state index in [1.165, 1.54) is 6.42 Å².